The third-order valence-corrected chi connectivity index (χ3v) is 3.40. The second kappa shape index (κ2) is 5.70. The quantitative estimate of drug-likeness (QED) is 0.824. The number of pyridine rings is 1. The number of rotatable bonds is 5. The molecule has 2 atom stereocenters. The molecule has 0 saturated heterocycles. The Bertz CT molecular complexity index is 344. The van der Waals surface area contributed by atoms with Crippen molar-refractivity contribution in [2.75, 3.05) is 25.2 Å². The summed E-state index contributed by atoms with van der Waals surface area (Å²) in [4.78, 5) is 4.00. The van der Waals surface area contributed by atoms with E-state index in [1.54, 1.807) is 19.6 Å². The lowest BCUT2D eigenvalue weighted by molar-refractivity contribution is 0.398. The number of nitrogens with zero attached hydrogens (tertiary/aromatic N) is 1. The zero-order chi connectivity index (χ0) is 11.3. The van der Waals surface area contributed by atoms with E-state index < -0.39 is 10.8 Å². The number of hydrogen-bond donors (Lipinski definition) is 1. The van der Waals surface area contributed by atoms with Gasteiger partial charge in [0, 0.05) is 46.8 Å². The van der Waals surface area contributed by atoms with Crippen molar-refractivity contribution < 1.29 is 8.95 Å². The molecular weight excluding hydrogens is 212 g/mol. The molecule has 2 unspecified atom stereocenters. The lowest BCUT2D eigenvalue weighted by atomic mass is 10.3. The number of nitrogens with one attached hydrogen (secondary N) is 1. The first-order valence-electron chi connectivity index (χ1n) is 4.69. The van der Waals surface area contributed by atoms with Crippen LogP contribution in [0.25, 0.3) is 0 Å². The molecule has 0 aliphatic carbocycles. The van der Waals surface area contributed by atoms with Crippen LogP contribution in [-0.2, 0) is 10.8 Å². The van der Waals surface area contributed by atoms with Crippen LogP contribution < -0.4 is 10.1 Å². The van der Waals surface area contributed by atoms with Gasteiger partial charge in [-0.2, -0.15) is 0 Å². The summed E-state index contributed by atoms with van der Waals surface area (Å²) in [5, 5.41) is 3.32. The van der Waals surface area contributed by atoms with E-state index in [4.69, 9.17) is 4.74 Å². The highest BCUT2D eigenvalue weighted by atomic mass is 32.2. The normalized spacial score (nSPS) is 14.3. The van der Waals surface area contributed by atoms with E-state index in [-0.39, 0.29) is 5.25 Å². The highest BCUT2D eigenvalue weighted by molar-refractivity contribution is 7.84. The third kappa shape index (κ3) is 3.87. The molecule has 15 heavy (non-hydrogen) atoms. The largest absolute Gasteiger partial charge is 0.481 e. The molecule has 1 rings (SSSR count). The Balaban J connectivity index is 2.53. The van der Waals surface area contributed by atoms with Crippen LogP contribution in [0.2, 0.25) is 0 Å². The second-order valence-electron chi connectivity index (χ2n) is 3.28. The van der Waals surface area contributed by atoms with Gasteiger partial charge in [0.25, 0.3) is 0 Å². The molecule has 5 heteroatoms. The zero-order valence-corrected chi connectivity index (χ0v) is 10.0. The van der Waals surface area contributed by atoms with Gasteiger partial charge in [-0.05, 0) is 13.0 Å². The summed E-state index contributed by atoms with van der Waals surface area (Å²) in [6.45, 7) is 2.62. The Morgan fingerprint density at radius 1 is 1.67 bits per heavy atom. The Kier molecular flexibility index (Phi) is 4.55. The third-order valence-electron chi connectivity index (χ3n) is 2.10. The molecule has 0 bridgehead atoms. The van der Waals surface area contributed by atoms with Crippen molar-refractivity contribution in [1.82, 2.24) is 4.98 Å². The Morgan fingerprint density at radius 3 is 3.00 bits per heavy atom. The van der Waals surface area contributed by atoms with E-state index in [2.05, 4.69) is 10.3 Å². The number of ether oxygens (including phenoxy) is 1. The maximum atomic E-state index is 11.1. The van der Waals surface area contributed by atoms with E-state index in [1.807, 2.05) is 19.1 Å². The Morgan fingerprint density at radius 2 is 2.40 bits per heavy atom. The summed E-state index contributed by atoms with van der Waals surface area (Å²) in [5.41, 5.74) is 0.930. The van der Waals surface area contributed by atoms with Crippen LogP contribution >= 0.6 is 0 Å². The lowest BCUT2D eigenvalue weighted by Gasteiger charge is -2.11. The summed E-state index contributed by atoms with van der Waals surface area (Å²) in [6, 6.07) is 3.67. The van der Waals surface area contributed by atoms with Crippen LogP contribution in [0.15, 0.2) is 18.3 Å². The molecule has 4 nitrogen and oxygen atoms in total. The van der Waals surface area contributed by atoms with Crippen molar-refractivity contribution in [3.05, 3.63) is 18.3 Å². The summed E-state index contributed by atoms with van der Waals surface area (Å²) < 4.78 is 16.1. The maximum absolute atomic E-state index is 11.1. The molecule has 84 valence electrons. The number of aromatic nitrogens is 1. The average molecular weight is 228 g/mol. The molecule has 0 radical (unpaired) electrons. The first-order valence-corrected chi connectivity index (χ1v) is 6.31. The van der Waals surface area contributed by atoms with E-state index >= 15 is 0 Å². The predicted molar refractivity (Wildman–Crippen MR) is 62.8 cm³/mol. The fraction of sp³-hybridized carbons (Fsp3) is 0.500. The molecule has 1 N–H and O–H groups in total. The molecule has 0 spiro atoms. The molecule has 1 aromatic heterocycles. The van der Waals surface area contributed by atoms with Gasteiger partial charge in [-0.25, -0.2) is 4.98 Å². The standard InChI is InChI=1S/C10H16N2O2S/c1-8(15(3)13)7-12-9-4-5-11-10(6-9)14-2/h4-6,8H,7H2,1-3H3,(H,11,12). The van der Waals surface area contributed by atoms with Gasteiger partial charge in [0.2, 0.25) is 5.88 Å². The molecule has 0 aliphatic heterocycles. The van der Waals surface area contributed by atoms with Gasteiger partial charge in [0.05, 0.1) is 7.11 Å². The van der Waals surface area contributed by atoms with Gasteiger partial charge in [0.1, 0.15) is 0 Å². The average Bonchev–Trinajstić information content (AvgIpc) is 2.26. The van der Waals surface area contributed by atoms with Gasteiger partial charge in [0.15, 0.2) is 0 Å². The van der Waals surface area contributed by atoms with Gasteiger partial charge in [-0.15, -0.1) is 0 Å². The van der Waals surface area contributed by atoms with E-state index in [0.29, 0.717) is 12.4 Å². The van der Waals surface area contributed by atoms with Crippen molar-refractivity contribution in [2.24, 2.45) is 0 Å². The molecule has 0 aliphatic rings. The van der Waals surface area contributed by atoms with Crippen LogP contribution in [0, 0.1) is 0 Å². The van der Waals surface area contributed by atoms with E-state index in [0.717, 1.165) is 5.69 Å². The number of methoxy groups -OCH3 is 1. The molecule has 0 saturated carbocycles. The molecule has 0 aromatic carbocycles. The maximum Gasteiger partial charge on any atom is 0.214 e. The van der Waals surface area contributed by atoms with Gasteiger partial charge < -0.3 is 10.1 Å². The highest BCUT2D eigenvalue weighted by Gasteiger charge is 2.05. The molecule has 1 aromatic rings. The van der Waals surface area contributed by atoms with Crippen molar-refractivity contribution in [2.45, 2.75) is 12.2 Å². The van der Waals surface area contributed by atoms with Crippen molar-refractivity contribution in [1.29, 1.82) is 0 Å². The number of anilines is 1. The summed E-state index contributed by atoms with van der Waals surface area (Å²) >= 11 is 0. The first kappa shape index (κ1) is 12.0. The summed E-state index contributed by atoms with van der Waals surface area (Å²) in [5.74, 6) is 0.574. The minimum Gasteiger partial charge on any atom is -0.481 e. The van der Waals surface area contributed by atoms with Crippen molar-refractivity contribution in [3.63, 3.8) is 0 Å². The van der Waals surface area contributed by atoms with E-state index in [9.17, 15) is 4.21 Å². The summed E-state index contributed by atoms with van der Waals surface area (Å²) in [6.07, 6.45) is 3.38. The molecule has 0 amide bonds. The highest BCUT2D eigenvalue weighted by Crippen LogP contribution is 2.13. The lowest BCUT2D eigenvalue weighted by Crippen LogP contribution is -2.20. The molecule has 0 fully saturated rings. The predicted octanol–water partition coefficient (Wildman–Crippen LogP) is 1.27. The topological polar surface area (TPSA) is 51.2 Å². The van der Waals surface area contributed by atoms with Gasteiger partial charge >= 0.3 is 0 Å². The van der Waals surface area contributed by atoms with Crippen LogP contribution in [0.5, 0.6) is 5.88 Å². The fourth-order valence-electron chi connectivity index (χ4n) is 1.01. The van der Waals surface area contributed by atoms with Crippen LogP contribution in [-0.4, -0.2) is 34.4 Å². The monoisotopic (exact) mass is 228 g/mol. The minimum atomic E-state index is -0.800. The van der Waals surface area contributed by atoms with Gasteiger partial charge in [-0.1, -0.05) is 0 Å². The molecule has 1 heterocycles. The summed E-state index contributed by atoms with van der Waals surface area (Å²) in [7, 11) is 0.779. The Hall–Kier alpha value is -1.10. The molecular formula is C10H16N2O2S. The smallest absolute Gasteiger partial charge is 0.214 e. The second-order valence-corrected chi connectivity index (χ2v) is 5.08. The fourth-order valence-corrected chi connectivity index (χ4v) is 1.33. The van der Waals surface area contributed by atoms with Crippen LogP contribution in [0.3, 0.4) is 0 Å². The van der Waals surface area contributed by atoms with Crippen LogP contribution in [0.1, 0.15) is 6.92 Å². The first-order chi connectivity index (χ1) is 7.13. The zero-order valence-electron chi connectivity index (χ0n) is 9.19. The number of hydrogen-bond acceptors (Lipinski definition) is 4. The SMILES string of the molecule is COc1cc(NCC(C)S(C)=O)ccn1. The van der Waals surface area contributed by atoms with Gasteiger partial charge in [-0.3, -0.25) is 4.21 Å². The Labute approximate surface area is 92.5 Å². The van der Waals surface area contributed by atoms with E-state index in [1.165, 1.54) is 0 Å². The van der Waals surface area contributed by atoms with Crippen LogP contribution in [0.4, 0.5) is 5.69 Å². The minimum absolute atomic E-state index is 0.129. The van der Waals surface area contributed by atoms with Crippen molar-refractivity contribution >= 4 is 16.5 Å². The van der Waals surface area contributed by atoms with Crippen molar-refractivity contribution in [3.8, 4) is 5.88 Å².